The lowest BCUT2D eigenvalue weighted by molar-refractivity contribution is 0.483. The SMILES string of the molecule is O=P(F)(F)n1cccc1. The summed E-state index contributed by atoms with van der Waals surface area (Å²) in [6.07, 6.45) is 2.14. The van der Waals surface area contributed by atoms with Crippen molar-refractivity contribution < 1.29 is 13.0 Å². The molecule has 1 rings (SSSR count). The summed E-state index contributed by atoms with van der Waals surface area (Å²) in [4.78, 5) is 0. The van der Waals surface area contributed by atoms with Gasteiger partial charge in [-0.25, -0.2) is 4.57 Å². The Morgan fingerprint density at radius 1 is 1.22 bits per heavy atom. The summed E-state index contributed by atoms with van der Waals surface area (Å²) in [6, 6.07) is 2.79. The predicted octanol–water partition coefficient (Wildman–Crippen LogP) is 2.38. The fourth-order valence-electron chi connectivity index (χ4n) is 0.481. The Morgan fingerprint density at radius 2 is 1.67 bits per heavy atom. The molecule has 1 aromatic rings. The first kappa shape index (κ1) is 6.49. The highest BCUT2D eigenvalue weighted by Gasteiger charge is 2.19. The molecule has 2 nitrogen and oxygen atoms in total. The fourth-order valence-corrected chi connectivity index (χ4v) is 0.945. The third-order valence-electron chi connectivity index (χ3n) is 0.858. The molecule has 50 valence electrons. The summed E-state index contributed by atoms with van der Waals surface area (Å²) in [5, 5.41) is 0. The number of aromatic nitrogens is 1. The monoisotopic (exact) mass is 151 g/mol. The molecule has 9 heavy (non-hydrogen) atoms. The van der Waals surface area contributed by atoms with Gasteiger partial charge in [-0.3, -0.25) is 4.34 Å². The lowest BCUT2D eigenvalue weighted by atomic mass is 10.7. The van der Waals surface area contributed by atoms with Crippen LogP contribution in [-0.2, 0) is 4.57 Å². The molecule has 0 amide bonds. The Balaban J connectivity index is 3.04. The van der Waals surface area contributed by atoms with Crippen molar-refractivity contribution in [2.45, 2.75) is 0 Å². The van der Waals surface area contributed by atoms with E-state index in [0.29, 0.717) is 4.34 Å². The van der Waals surface area contributed by atoms with Gasteiger partial charge in [0.15, 0.2) is 0 Å². The van der Waals surface area contributed by atoms with E-state index in [1.165, 1.54) is 12.1 Å². The van der Waals surface area contributed by atoms with Crippen molar-refractivity contribution in [1.29, 1.82) is 0 Å². The van der Waals surface area contributed by atoms with Gasteiger partial charge in [-0.05, 0) is 12.1 Å². The van der Waals surface area contributed by atoms with Crippen LogP contribution in [0.15, 0.2) is 24.5 Å². The zero-order valence-electron chi connectivity index (χ0n) is 4.37. The van der Waals surface area contributed by atoms with E-state index in [4.69, 9.17) is 0 Å². The first-order chi connectivity index (χ1) is 4.11. The minimum absolute atomic E-state index is 0.410. The number of hydrogen-bond donors (Lipinski definition) is 0. The lowest BCUT2D eigenvalue weighted by Crippen LogP contribution is -1.79. The van der Waals surface area contributed by atoms with Crippen molar-refractivity contribution in [3.8, 4) is 0 Å². The van der Waals surface area contributed by atoms with Crippen LogP contribution in [0.2, 0.25) is 0 Å². The third kappa shape index (κ3) is 1.39. The first-order valence-electron chi connectivity index (χ1n) is 2.24. The summed E-state index contributed by atoms with van der Waals surface area (Å²) < 4.78 is 33.9. The van der Waals surface area contributed by atoms with Crippen LogP contribution in [0.5, 0.6) is 0 Å². The number of rotatable bonds is 1. The molecule has 0 fully saturated rings. The maximum Gasteiger partial charge on any atom is 0.514 e. The van der Waals surface area contributed by atoms with E-state index in [0.717, 1.165) is 12.4 Å². The van der Waals surface area contributed by atoms with Gasteiger partial charge in [0.25, 0.3) is 0 Å². The molecule has 0 aliphatic rings. The van der Waals surface area contributed by atoms with E-state index in [1.54, 1.807) is 0 Å². The van der Waals surface area contributed by atoms with Crippen LogP contribution in [0.3, 0.4) is 0 Å². The van der Waals surface area contributed by atoms with Crippen molar-refractivity contribution in [2.75, 3.05) is 0 Å². The zero-order chi connectivity index (χ0) is 6.91. The second-order valence-electron chi connectivity index (χ2n) is 1.50. The van der Waals surface area contributed by atoms with Crippen LogP contribution in [0.25, 0.3) is 0 Å². The zero-order valence-corrected chi connectivity index (χ0v) is 5.26. The quantitative estimate of drug-likeness (QED) is 0.564. The Morgan fingerprint density at radius 3 is 1.89 bits per heavy atom. The van der Waals surface area contributed by atoms with Crippen molar-refractivity contribution in [3.63, 3.8) is 0 Å². The van der Waals surface area contributed by atoms with Crippen LogP contribution in [0.1, 0.15) is 0 Å². The van der Waals surface area contributed by atoms with Gasteiger partial charge in [0.2, 0.25) is 0 Å². The van der Waals surface area contributed by atoms with E-state index in [-0.39, 0.29) is 0 Å². The molecule has 0 saturated heterocycles. The fraction of sp³-hybridized carbons (Fsp3) is 0. The molecule has 0 radical (unpaired) electrons. The molecule has 0 aliphatic heterocycles. The summed E-state index contributed by atoms with van der Waals surface area (Å²) in [7, 11) is -5.05. The minimum Gasteiger partial charge on any atom is -0.255 e. The summed E-state index contributed by atoms with van der Waals surface area (Å²) in [5.74, 6) is 0. The maximum atomic E-state index is 11.8. The van der Waals surface area contributed by atoms with E-state index in [1.807, 2.05) is 0 Å². The van der Waals surface area contributed by atoms with Gasteiger partial charge in [-0.2, -0.15) is 0 Å². The molecule has 0 unspecified atom stereocenters. The summed E-state index contributed by atoms with van der Waals surface area (Å²) in [6.45, 7) is 0. The average Bonchev–Trinajstić information content (AvgIpc) is 2.08. The average molecular weight is 151 g/mol. The normalized spacial score (nSPS) is 11.8. The second-order valence-corrected chi connectivity index (χ2v) is 2.83. The van der Waals surface area contributed by atoms with Crippen LogP contribution in [0, 0.1) is 0 Å². The lowest BCUT2D eigenvalue weighted by Gasteiger charge is -1.95. The van der Waals surface area contributed by atoms with Crippen molar-refractivity contribution in [3.05, 3.63) is 24.5 Å². The topological polar surface area (TPSA) is 22.0 Å². The third-order valence-corrected chi connectivity index (χ3v) is 1.66. The number of halogens is 2. The molecular weight excluding hydrogens is 147 g/mol. The minimum atomic E-state index is -5.05. The Hall–Kier alpha value is -0.630. The molecule has 0 atom stereocenters. The largest absolute Gasteiger partial charge is 0.514 e. The van der Waals surface area contributed by atoms with Crippen molar-refractivity contribution in [1.82, 2.24) is 4.34 Å². The Kier molecular flexibility index (Phi) is 1.41. The molecule has 1 heterocycles. The maximum absolute atomic E-state index is 11.8. The van der Waals surface area contributed by atoms with Gasteiger partial charge in [-0.1, -0.05) is 0 Å². The smallest absolute Gasteiger partial charge is 0.255 e. The molecule has 0 bridgehead atoms. The van der Waals surface area contributed by atoms with E-state index in [2.05, 4.69) is 0 Å². The van der Waals surface area contributed by atoms with Gasteiger partial charge in [0.05, 0.1) is 0 Å². The predicted molar refractivity (Wildman–Crippen MR) is 29.7 cm³/mol. The van der Waals surface area contributed by atoms with Crippen LogP contribution in [0.4, 0.5) is 8.39 Å². The molecule has 0 N–H and O–H groups in total. The van der Waals surface area contributed by atoms with Crippen LogP contribution in [-0.4, -0.2) is 4.34 Å². The standard InChI is InChI=1S/C4H4F2NOP/c5-9(6,8)7-3-1-2-4-7/h1-4H. The molecule has 0 aromatic carbocycles. The molecule has 0 aliphatic carbocycles. The Bertz CT molecular complexity index is 227. The molecule has 0 saturated carbocycles. The van der Waals surface area contributed by atoms with Gasteiger partial charge in [-0.15, -0.1) is 8.39 Å². The molecule has 5 heteroatoms. The second kappa shape index (κ2) is 1.95. The summed E-state index contributed by atoms with van der Waals surface area (Å²) >= 11 is 0. The van der Waals surface area contributed by atoms with Crippen LogP contribution >= 0.6 is 7.91 Å². The van der Waals surface area contributed by atoms with Crippen molar-refractivity contribution >= 4 is 7.91 Å². The molecular formula is C4H4F2NOP. The van der Waals surface area contributed by atoms with Gasteiger partial charge >= 0.3 is 7.91 Å². The highest BCUT2D eigenvalue weighted by molar-refractivity contribution is 7.51. The number of hydrogen-bond acceptors (Lipinski definition) is 1. The molecule has 1 aromatic heterocycles. The summed E-state index contributed by atoms with van der Waals surface area (Å²) in [5.41, 5.74) is 0. The first-order valence-corrected chi connectivity index (χ1v) is 3.68. The van der Waals surface area contributed by atoms with Crippen LogP contribution < -0.4 is 0 Å². The van der Waals surface area contributed by atoms with Gasteiger partial charge < -0.3 is 0 Å². The van der Waals surface area contributed by atoms with Gasteiger partial charge in [0.1, 0.15) is 0 Å². The Labute approximate surface area is 50.8 Å². The number of nitrogens with zero attached hydrogens (tertiary/aromatic N) is 1. The highest BCUT2D eigenvalue weighted by Crippen LogP contribution is 2.49. The van der Waals surface area contributed by atoms with E-state index < -0.39 is 7.91 Å². The van der Waals surface area contributed by atoms with E-state index in [9.17, 15) is 13.0 Å². The molecule has 0 spiro atoms. The highest BCUT2D eigenvalue weighted by atomic mass is 31.2. The van der Waals surface area contributed by atoms with Crippen molar-refractivity contribution in [2.24, 2.45) is 0 Å². The van der Waals surface area contributed by atoms with E-state index >= 15 is 0 Å². The van der Waals surface area contributed by atoms with Gasteiger partial charge in [0, 0.05) is 12.4 Å².